The number of hydrogen-bond donors (Lipinski definition) is 1. The minimum atomic E-state index is -0.341. The van der Waals surface area contributed by atoms with Crippen molar-refractivity contribution >= 4 is 17.4 Å². The maximum atomic E-state index is 5.89. The Balaban J connectivity index is 2.25. The molecule has 0 saturated heterocycles. The van der Waals surface area contributed by atoms with E-state index in [9.17, 15) is 0 Å². The Hall–Kier alpha value is -1.76. The molecule has 0 aliphatic heterocycles. The number of aryl methyl sites for hydroxylation is 1. The summed E-state index contributed by atoms with van der Waals surface area (Å²) in [5.41, 5.74) is 6.08. The molecule has 2 aromatic heterocycles. The molecule has 2 N–H and O–H groups in total. The molecule has 7 heteroatoms. The van der Waals surface area contributed by atoms with Crippen molar-refractivity contribution in [3.63, 3.8) is 0 Å². The SMILES string of the molecule is Cc1nnc(Sc2ccc(N)c(OC(C)(C)C)n2)n1C. The number of pyridine rings is 1. The highest BCUT2D eigenvalue weighted by molar-refractivity contribution is 7.99. The highest BCUT2D eigenvalue weighted by atomic mass is 32.2. The van der Waals surface area contributed by atoms with Crippen LogP contribution in [0.3, 0.4) is 0 Å². The Kier molecular flexibility index (Phi) is 3.89. The summed E-state index contributed by atoms with van der Waals surface area (Å²) < 4.78 is 7.66. The van der Waals surface area contributed by atoms with E-state index in [4.69, 9.17) is 10.5 Å². The molecule has 2 rings (SSSR count). The van der Waals surface area contributed by atoms with E-state index >= 15 is 0 Å². The summed E-state index contributed by atoms with van der Waals surface area (Å²) in [6, 6.07) is 3.64. The van der Waals surface area contributed by atoms with Gasteiger partial charge in [0.05, 0.1) is 5.69 Å². The molecule has 0 atom stereocenters. The summed E-state index contributed by atoms with van der Waals surface area (Å²) in [5.74, 6) is 1.30. The van der Waals surface area contributed by atoms with Crippen molar-refractivity contribution in [3.05, 3.63) is 18.0 Å². The molecule has 2 heterocycles. The van der Waals surface area contributed by atoms with Gasteiger partial charge in [-0.3, -0.25) is 0 Å². The van der Waals surface area contributed by atoms with Gasteiger partial charge >= 0.3 is 0 Å². The molecule has 0 aromatic carbocycles. The second-order valence-corrected chi connectivity index (χ2v) is 6.44. The second kappa shape index (κ2) is 5.32. The number of anilines is 1. The molecule has 0 spiro atoms. The van der Waals surface area contributed by atoms with Crippen LogP contribution in [0.25, 0.3) is 0 Å². The zero-order valence-corrected chi connectivity index (χ0v) is 13.2. The minimum Gasteiger partial charge on any atom is -0.470 e. The van der Waals surface area contributed by atoms with Crippen LogP contribution in [0.5, 0.6) is 5.88 Å². The fourth-order valence-electron chi connectivity index (χ4n) is 1.43. The monoisotopic (exact) mass is 293 g/mol. The first kappa shape index (κ1) is 14.6. The van der Waals surface area contributed by atoms with Crippen LogP contribution < -0.4 is 10.5 Å². The number of aromatic nitrogens is 4. The third kappa shape index (κ3) is 3.41. The molecule has 108 valence electrons. The van der Waals surface area contributed by atoms with Gasteiger partial charge in [-0.05, 0) is 51.6 Å². The lowest BCUT2D eigenvalue weighted by Gasteiger charge is -2.21. The molecule has 0 aliphatic carbocycles. The highest BCUT2D eigenvalue weighted by Gasteiger charge is 2.16. The molecule has 0 bridgehead atoms. The number of rotatable bonds is 3. The predicted octanol–water partition coefficient (Wildman–Crippen LogP) is 2.43. The molecule has 20 heavy (non-hydrogen) atoms. The Bertz CT molecular complexity index is 618. The maximum Gasteiger partial charge on any atom is 0.238 e. The van der Waals surface area contributed by atoms with Crippen LogP contribution in [0.2, 0.25) is 0 Å². The topological polar surface area (TPSA) is 78.8 Å². The fraction of sp³-hybridized carbons (Fsp3) is 0.462. The molecule has 0 saturated carbocycles. The van der Waals surface area contributed by atoms with Crippen LogP contribution in [-0.4, -0.2) is 25.3 Å². The average Bonchev–Trinajstić information content (AvgIpc) is 2.64. The molecule has 0 unspecified atom stereocenters. The first-order valence-corrected chi connectivity index (χ1v) is 7.07. The third-order valence-corrected chi connectivity index (χ3v) is 3.49. The van der Waals surface area contributed by atoms with Crippen LogP contribution in [0.1, 0.15) is 26.6 Å². The van der Waals surface area contributed by atoms with Gasteiger partial charge in [-0.25, -0.2) is 4.98 Å². The summed E-state index contributed by atoms with van der Waals surface area (Å²) in [6.07, 6.45) is 0. The second-order valence-electron chi connectivity index (χ2n) is 5.45. The Morgan fingerprint density at radius 1 is 1.25 bits per heavy atom. The third-order valence-electron chi connectivity index (χ3n) is 2.52. The molecular formula is C13H19N5OS. The van der Waals surface area contributed by atoms with Gasteiger partial charge in [-0.2, -0.15) is 0 Å². The number of hydrogen-bond acceptors (Lipinski definition) is 6. The lowest BCUT2D eigenvalue weighted by atomic mass is 10.2. The minimum absolute atomic E-state index is 0.341. The lowest BCUT2D eigenvalue weighted by molar-refractivity contribution is 0.124. The first-order valence-electron chi connectivity index (χ1n) is 6.25. The van der Waals surface area contributed by atoms with E-state index in [1.807, 2.05) is 45.4 Å². The van der Waals surface area contributed by atoms with Crippen LogP contribution in [-0.2, 0) is 7.05 Å². The van der Waals surface area contributed by atoms with Crippen molar-refractivity contribution in [1.82, 2.24) is 19.7 Å². The summed E-state index contributed by atoms with van der Waals surface area (Å²) in [6.45, 7) is 7.78. The fourth-order valence-corrected chi connectivity index (χ4v) is 2.24. The van der Waals surface area contributed by atoms with Crippen LogP contribution in [0, 0.1) is 6.92 Å². The van der Waals surface area contributed by atoms with Gasteiger partial charge in [-0.1, -0.05) is 0 Å². The van der Waals surface area contributed by atoms with Gasteiger partial charge in [0.25, 0.3) is 0 Å². The highest BCUT2D eigenvalue weighted by Crippen LogP contribution is 2.30. The van der Waals surface area contributed by atoms with E-state index in [-0.39, 0.29) is 5.60 Å². The van der Waals surface area contributed by atoms with Crippen molar-refractivity contribution in [2.75, 3.05) is 5.73 Å². The maximum absolute atomic E-state index is 5.89. The summed E-state index contributed by atoms with van der Waals surface area (Å²) in [4.78, 5) is 4.44. The van der Waals surface area contributed by atoms with Crippen LogP contribution >= 0.6 is 11.8 Å². The number of nitrogens with zero attached hydrogens (tertiary/aromatic N) is 4. The Labute approximate surface area is 122 Å². The lowest BCUT2D eigenvalue weighted by Crippen LogP contribution is -2.24. The van der Waals surface area contributed by atoms with Crippen molar-refractivity contribution in [3.8, 4) is 5.88 Å². The molecule has 0 aliphatic rings. The molecule has 0 fully saturated rings. The predicted molar refractivity (Wildman–Crippen MR) is 78.9 cm³/mol. The zero-order valence-electron chi connectivity index (χ0n) is 12.3. The normalized spacial score (nSPS) is 11.7. The van der Waals surface area contributed by atoms with E-state index in [0.29, 0.717) is 11.6 Å². The van der Waals surface area contributed by atoms with E-state index in [0.717, 1.165) is 16.0 Å². The summed E-state index contributed by atoms with van der Waals surface area (Å²) in [5, 5.41) is 9.67. The van der Waals surface area contributed by atoms with E-state index in [1.165, 1.54) is 11.8 Å². The Morgan fingerprint density at radius 3 is 2.50 bits per heavy atom. The van der Waals surface area contributed by atoms with Gasteiger partial charge in [0.1, 0.15) is 16.5 Å². The van der Waals surface area contributed by atoms with Crippen molar-refractivity contribution < 1.29 is 4.74 Å². The molecular weight excluding hydrogens is 274 g/mol. The largest absolute Gasteiger partial charge is 0.470 e. The van der Waals surface area contributed by atoms with Gasteiger partial charge in [0, 0.05) is 7.05 Å². The number of nitrogens with two attached hydrogens (primary N) is 1. The van der Waals surface area contributed by atoms with E-state index < -0.39 is 0 Å². The van der Waals surface area contributed by atoms with Gasteiger partial charge in [0.2, 0.25) is 5.88 Å². The van der Waals surface area contributed by atoms with Crippen LogP contribution in [0.4, 0.5) is 5.69 Å². The van der Waals surface area contributed by atoms with Gasteiger partial charge in [-0.15, -0.1) is 10.2 Å². The van der Waals surface area contributed by atoms with Gasteiger partial charge < -0.3 is 15.0 Å². The Morgan fingerprint density at radius 2 is 1.95 bits per heavy atom. The number of nitrogen functional groups attached to an aromatic ring is 1. The first-order chi connectivity index (χ1) is 9.26. The van der Waals surface area contributed by atoms with E-state index in [2.05, 4.69) is 15.2 Å². The molecule has 2 aromatic rings. The van der Waals surface area contributed by atoms with Crippen LogP contribution in [0.15, 0.2) is 22.3 Å². The molecule has 0 amide bonds. The smallest absolute Gasteiger partial charge is 0.238 e. The van der Waals surface area contributed by atoms with Crippen molar-refractivity contribution in [2.24, 2.45) is 7.05 Å². The van der Waals surface area contributed by atoms with E-state index in [1.54, 1.807) is 6.07 Å². The molecule has 6 nitrogen and oxygen atoms in total. The number of ether oxygens (including phenoxy) is 1. The molecule has 0 radical (unpaired) electrons. The summed E-state index contributed by atoms with van der Waals surface area (Å²) >= 11 is 1.43. The van der Waals surface area contributed by atoms with Gasteiger partial charge in [0.15, 0.2) is 5.16 Å². The van der Waals surface area contributed by atoms with Crippen molar-refractivity contribution in [2.45, 2.75) is 43.5 Å². The summed E-state index contributed by atoms with van der Waals surface area (Å²) in [7, 11) is 1.92. The van der Waals surface area contributed by atoms with Crippen molar-refractivity contribution in [1.29, 1.82) is 0 Å². The zero-order chi connectivity index (χ0) is 14.9. The standard InChI is InChI=1S/C13H19N5OS/c1-8-16-17-12(18(8)5)20-10-7-6-9(14)11(15-10)19-13(2,3)4/h6-7H,14H2,1-5H3. The quantitative estimate of drug-likeness (QED) is 0.936. The average molecular weight is 293 g/mol.